The number of halogens is 2. The van der Waals surface area contributed by atoms with Crippen molar-refractivity contribution < 1.29 is 32.4 Å². The zero-order valence-corrected chi connectivity index (χ0v) is 18.1. The third kappa shape index (κ3) is 4.34. The first-order chi connectivity index (χ1) is 14.5. The van der Waals surface area contributed by atoms with Crippen molar-refractivity contribution >= 4 is 19.4 Å². The number of nitrogens with zero attached hydrogens (tertiary/aromatic N) is 1. The number of hydrogen-bond donors (Lipinski definition) is 2. The van der Waals surface area contributed by atoms with Gasteiger partial charge < -0.3 is 14.4 Å². The second-order valence-electron chi connectivity index (χ2n) is 7.46. The Morgan fingerprint density at radius 3 is 2.90 bits per heavy atom. The van der Waals surface area contributed by atoms with Gasteiger partial charge in [0.05, 0.1) is 6.61 Å². The van der Waals surface area contributed by atoms with E-state index in [0.29, 0.717) is 11.3 Å². The molecule has 0 bridgehead atoms. The van der Waals surface area contributed by atoms with Gasteiger partial charge in [-0.15, -0.1) is 0 Å². The van der Waals surface area contributed by atoms with Crippen molar-refractivity contribution in [2.24, 2.45) is 0 Å². The number of aliphatic hydroxyl groups excluding tert-OH is 1. The number of benzene rings is 1. The molecule has 2 N–H and O–H groups in total. The van der Waals surface area contributed by atoms with Gasteiger partial charge in [0, 0.05) is 18.2 Å². The monoisotopic (exact) mass is 476 g/mol. The molecule has 1 aromatic carbocycles. The minimum atomic E-state index is -4.16. The summed E-state index contributed by atoms with van der Waals surface area (Å²) in [5.41, 5.74) is 0.600. The summed E-state index contributed by atoms with van der Waals surface area (Å²) in [6.45, 7) is 2.72. The van der Waals surface area contributed by atoms with Gasteiger partial charge in [0.15, 0.2) is 6.23 Å². The van der Waals surface area contributed by atoms with Crippen molar-refractivity contribution in [3.8, 4) is 5.75 Å². The first-order valence-electron chi connectivity index (χ1n) is 9.23. The molecule has 2 aliphatic heterocycles. The van der Waals surface area contributed by atoms with Crippen LogP contribution in [0.5, 0.6) is 5.75 Å². The summed E-state index contributed by atoms with van der Waals surface area (Å²) in [5.74, 6) is -2.27. The number of phosphoric acid groups is 1. The predicted molar refractivity (Wildman–Crippen MR) is 106 cm³/mol. The number of aryl methyl sites for hydroxylation is 2. The van der Waals surface area contributed by atoms with Gasteiger partial charge in [-0.3, -0.25) is 23.4 Å². The molecule has 0 aliphatic carbocycles. The fourth-order valence-corrected chi connectivity index (χ4v) is 5.01. The summed E-state index contributed by atoms with van der Waals surface area (Å²) in [4.78, 5) is 25.3. The van der Waals surface area contributed by atoms with E-state index in [4.69, 9.17) is 29.9 Å². The highest BCUT2D eigenvalue weighted by molar-refractivity contribution is 7.49. The van der Waals surface area contributed by atoms with Crippen molar-refractivity contribution in [1.82, 2.24) is 9.55 Å². The normalized spacial score (nSPS) is 30.1. The number of aromatic nitrogens is 2. The Morgan fingerprint density at radius 2 is 2.16 bits per heavy atom. The number of nitrogens with one attached hydrogen (secondary N) is 1. The standard InChI is InChI=1S/C18H19ClFN2O8P/c1-9-3-10(2)14-11(4-9)7-27-31(26,30-14)28-8-18(20)5-13(23)16(29-18)22-6-12(19)15(24)21-17(22)25/h3-4,6,13,16,23H,5,7-8H2,1-2H3,(H,21,24,25)/t13-,16-,18+,31?/m1/s1. The van der Waals surface area contributed by atoms with Crippen LogP contribution < -0.4 is 15.8 Å². The molecule has 4 atom stereocenters. The van der Waals surface area contributed by atoms with Crippen LogP contribution in [0.4, 0.5) is 4.39 Å². The molecule has 0 radical (unpaired) electrons. The number of hydrogen-bond acceptors (Lipinski definition) is 8. The van der Waals surface area contributed by atoms with Gasteiger partial charge in [0.2, 0.25) is 5.85 Å². The van der Waals surface area contributed by atoms with Gasteiger partial charge in [-0.1, -0.05) is 29.3 Å². The molecule has 168 valence electrons. The quantitative estimate of drug-likeness (QED) is 0.644. The van der Waals surface area contributed by atoms with E-state index in [9.17, 15) is 19.3 Å². The van der Waals surface area contributed by atoms with Crippen LogP contribution in [0.2, 0.25) is 5.02 Å². The first kappa shape index (κ1) is 22.2. The molecule has 13 heteroatoms. The van der Waals surface area contributed by atoms with Crippen LogP contribution in [-0.2, 0) is 25.0 Å². The maximum Gasteiger partial charge on any atom is 0.530 e. The number of fused-ring (bicyclic) bond motifs is 1. The van der Waals surface area contributed by atoms with Crippen molar-refractivity contribution in [3.05, 3.63) is 60.9 Å². The zero-order valence-electron chi connectivity index (χ0n) is 16.5. The number of rotatable bonds is 4. The van der Waals surface area contributed by atoms with Crippen molar-refractivity contribution in [2.45, 2.75) is 45.1 Å². The van der Waals surface area contributed by atoms with Crippen LogP contribution in [0.3, 0.4) is 0 Å². The molecule has 1 fully saturated rings. The van der Waals surface area contributed by atoms with Crippen LogP contribution in [0.15, 0.2) is 27.9 Å². The lowest BCUT2D eigenvalue weighted by Gasteiger charge is -2.28. The molecular weight excluding hydrogens is 458 g/mol. The molecule has 1 saturated heterocycles. The Kier molecular flexibility index (Phi) is 5.61. The molecule has 31 heavy (non-hydrogen) atoms. The molecule has 3 heterocycles. The summed E-state index contributed by atoms with van der Waals surface area (Å²) in [6, 6.07) is 3.65. The van der Waals surface area contributed by atoms with E-state index in [0.717, 1.165) is 21.9 Å². The number of H-pyrrole nitrogens is 1. The highest BCUT2D eigenvalue weighted by Crippen LogP contribution is 2.56. The van der Waals surface area contributed by atoms with E-state index in [1.165, 1.54) is 0 Å². The fourth-order valence-electron chi connectivity index (χ4n) is 3.55. The van der Waals surface area contributed by atoms with Gasteiger partial charge in [-0.05, 0) is 19.4 Å². The molecule has 2 aliphatic rings. The maximum atomic E-state index is 15.2. The fraction of sp³-hybridized carbons (Fsp3) is 0.444. The molecule has 1 aromatic heterocycles. The predicted octanol–water partition coefficient (Wildman–Crippen LogP) is 2.49. The van der Waals surface area contributed by atoms with E-state index in [1.807, 2.05) is 24.0 Å². The largest absolute Gasteiger partial charge is 0.530 e. The van der Waals surface area contributed by atoms with Gasteiger partial charge in [0.1, 0.15) is 23.5 Å². The summed E-state index contributed by atoms with van der Waals surface area (Å²) in [5, 5.41) is 9.86. The Morgan fingerprint density at radius 1 is 1.42 bits per heavy atom. The van der Waals surface area contributed by atoms with Gasteiger partial charge >= 0.3 is 13.5 Å². The average molecular weight is 477 g/mol. The number of ether oxygens (including phenoxy) is 1. The van der Waals surface area contributed by atoms with Crippen molar-refractivity contribution in [1.29, 1.82) is 0 Å². The number of phosphoric ester groups is 1. The Hall–Kier alpha value is -2.01. The number of aliphatic hydroxyl groups is 1. The Bertz CT molecular complexity index is 1200. The highest BCUT2D eigenvalue weighted by atomic mass is 35.5. The lowest BCUT2D eigenvalue weighted by molar-refractivity contribution is -0.179. The lowest BCUT2D eigenvalue weighted by atomic mass is 10.1. The minimum absolute atomic E-state index is 0.0498. The summed E-state index contributed by atoms with van der Waals surface area (Å²) >= 11 is 5.70. The topological polar surface area (TPSA) is 129 Å². The lowest BCUT2D eigenvalue weighted by Crippen LogP contribution is -2.36. The summed E-state index contributed by atoms with van der Waals surface area (Å²) in [7, 11) is -4.16. The van der Waals surface area contributed by atoms with E-state index in [-0.39, 0.29) is 11.6 Å². The van der Waals surface area contributed by atoms with Crippen LogP contribution in [0.25, 0.3) is 0 Å². The molecule has 10 nitrogen and oxygen atoms in total. The second-order valence-corrected chi connectivity index (χ2v) is 9.46. The van der Waals surface area contributed by atoms with E-state index in [1.54, 1.807) is 6.92 Å². The van der Waals surface area contributed by atoms with E-state index < -0.39 is 50.3 Å². The Balaban J connectivity index is 1.49. The Labute approximate surface area is 180 Å². The molecule has 1 unspecified atom stereocenters. The average Bonchev–Trinajstić information content (AvgIpc) is 2.99. The zero-order chi connectivity index (χ0) is 22.6. The van der Waals surface area contributed by atoms with Crippen LogP contribution in [0.1, 0.15) is 29.3 Å². The number of aromatic amines is 1. The van der Waals surface area contributed by atoms with Crippen LogP contribution in [0, 0.1) is 13.8 Å². The maximum absolute atomic E-state index is 15.2. The summed E-state index contributed by atoms with van der Waals surface area (Å²) < 4.78 is 49.7. The molecular formula is C18H19ClFN2O8P. The van der Waals surface area contributed by atoms with Gasteiger partial charge in [-0.2, -0.15) is 0 Å². The molecule has 4 rings (SSSR count). The van der Waals surface area contributed by atoms with Crippen LogP contribution in [-0.4, -0.2) is 33.2 Å². The molecule has 0 saturated carbocycles. The van der Waals surface area contributed by atoms with Crippen molar-refractivity contribution in [3.63, 3.8) is 0 Å². The minimum Gasteiger partial charge on any atom is -0.403 e. The van der Waals surface area contributed by atoms with Crippen LogP contribution >= 0.6 is 19.4 Å². The first-order valence-corrected chi connectivity index (χ1v) is 11.1. The number of alkyl halides is 1. The third-order valence-electron chi connectivity index (χ3n) is 4.89. The molecule has 0 amide bonds. The molecule has 2 aromatic rings. The SMILES string of the molecule is Cc1cc(C)c2c(c1)COP(=O)(OC[C@]1(F)C[C@@H](O)[C@H](n3cc(Cl)c(=O)[nH]c3=O)O1)O2. The second kappa shape index (κ2) is 7.84. The summed E-state index contributed by atoms with van der Waals surface area (Å²) in [6.07, 6.45) is -2.64. The molecule has 0 spiro atoms. The van der Waals surface area contributed by atoms with E-state index >= 15 is 4.39 Å². The van der Waals surface area contributed by atoms with Gasteiger partial charge in [0.25, 0.3) is 5.56 Å². The smallest absolute Gasteiger partial charge is 0.403 e. The van der Waals surface area contributed by atoms with Gasteiger partial charge in [-0.25, -0.2) is 13.8 Å². The van der Waals surface area contributed by atoms with E-state index in [2.05, 4.69) is 0 Å². The van der Waals surface area contributed by atoms with Crippen molar-refractivity contribution in [2.75, 3.05) is 6.61 Å². The highest BCUT2D eigenvalue weighted by Gasteiger charge is 2.50. The third-order valence-corrected chi connectivity index (χ3v) is 6.45.